The molecule has 2 aromatic carbocycles. The number of aromatic nitrogens is 1. The standard InChI is InChI=1S/C36H43F2N5O6.C3H3F3O/c1-36(2,3)34(30-19-25(27-20-26(37)9-10-28(27)38)22-41(30)21-24-7-5-4-6-8-24)43(33(47)23-44)15-13-29(39)35(48)40-14-17-49-18-16-42-31(45)11-12-32(42)46;1-2(7)3(4,5)6/h4-12,19-20,22,29,34,44H,13-18,21,23,39H2,1-3H3,(H,40,48);1H3/t29-,34-;/m0./s1. The number of nitrogens with two attached hydrogens (primary N) is 1. The molecule has 2 atom stereocenters. The summed E-state index contributed by atoms with van der Waals surface area (Å²) in [7, 11) is 0. The number of nitrogens with zero attached hydrogens (tertiary/aromatic N) is 3. The molecule has 0 saturated heterocycles. The van der Waals surface area contributed by atoms with Gasteiger partial charge in [0.1, 0.15) is 18.2 Å². The van der Waals surface area contributed by atoms with Gasteiger partial charge in [-0.15, -0.1) is 0 Å². The third-order valence-corrected chi connectivity index (χ3v) is 8.56. The number of aliphatic hydroxyl groups excluding tert-OH is 1. The van der Waals surface area contributed by atoms with Crippen LogP contribution < -0.4 is 11.1 Å². The zero-order valence-corrected chi connectivity index (χ0v) is 31.4. The lowest BCUT2D eigenvalue weighted by molar-refractivity contribution is -0.168. The Morgan fingerprint density at radius 1 is 0.964 bits per heavy atom. The van der Waals surface area contributed by atoms with Crippen LogP contribution >= 0.6 is 0 Å². The number of carbonyl (C=O) groups is 5. The second-order valence-corrected chi connectivity index (χ2v) is 13.9. The summed E-state index contributed by atoms with van der Waals surface area (Å²) < 4.78 is 69.0. The third kappa shape index (κ3) is 12.9. The van der Waals surface area contributed by atoms with E-state index in [1.165, 1.54) is 17.1 Å². The van der Waals surface area contributed by atoms with Gasteiger partial charge in [0, 0.05) is 61.7 Å². The zero-order chi connectivity index (χ0) is 41.8. The third-order valence-electron chi connectivity index (χ3n) is 8.56. The predicted octanol–water partition coefficient (Wildman–Crippen LogP) is 4.30. The summed E-state index contributed by atoms with van der Waals surface area (Å²) in [5.74, 6) is -4.81. The van der Waals surface area contributed by atoms with Gasteiger partial charge in [-0.3, -0.25) is 28.9 Å². The van der Waals surface area contributed by atoms with Gasteiger partial charge in [0.2, 0.25) is 17.6 Å². The Morgan fingerprint density at radius 3 is 2.16 bits per heavy atom. The van der Waals surface area contributed by atoms with E-state index in [1.807, 2.05) is 55.7 Å². The Labute approximate surface area is 321 Å². The van der Waals surface area contributed by atoms with Crippen LogP contribution in [0.15, 0.2) is 72.9 Å². The molecule has 1 aliphatic heterocycles. The minimum Gasteiger partial charge on any atom is -0.387 e. The van der Waals surface area contributed by atoms with Gasteiger partial charge in [0.25, 0.3) is 11.8 Å². The van der Waals surface area contributed by atoms with Crippen LogP contribution in [0, 0.1) is 17.0 Å². The number of Topliss-reactive ketones (excluding diaryl/α,β-unsaturated/α-hetero) is 1. The first-order valence-corrected chi connectivity index (χ1v) is 17.6. The van der Waals surface area contributed by atoms with E-state index in [9.17, 15) is 51.0 Å². The fourth-order valence-electron chi connectivity index (χ4n) is 5.80. The van der Waals surface area contributed by atoms with Crippen LogP contribution in [0.25, 0.3) is 11.1 Å². The largest absolute Gasteiger partial charge is 0.449 e. The number of rotatable bonds is 16. The maximum absolute atomic E-state index is 15.0. The van der Waals surface area contributed by atoms with Gasteiger partial charge in [-0.2, -0.15) is 13.2 Å². The summed E-state index contributed by atoms with van der Waals surface area (Å²) in [4.78, 5) is 61.3. The Hall–Kier alpha value is -5.26. The van der Waals surface area contributed by atoms with E-state index < -0.39 is 71.3 Å². The first-order chi connectivity index (χ1) is 26.2. The van der Waals surface area contributed by atoms with Crippen LogP contribution in [0.5, 0.6) is 0 Å². The Bertz CT molecular complexity index is 1860. The fraction of sp³-hybridized carbons (Fsp3) is 0.410. The number of hydrogen-bond donors (Lipinski definition) is 3. The second-order valence-electron chi connectivity index (χ2n) is 13.9. The van der Waals surface area contributed by atoms with Crippen molar-refractivity contribution in [3.05, 3.63) is 95.8 Å². The molecule has 4 rings (SSSR count). The smallest absolute Gasteiger partial charge is 0.387 e. The van der Waals surface area contributed by atoms with Crippen molar-refractivity contribution in [2.75, 3.05) is 39.5 Å². The van der Waals surface area contributed by atoms with Crippen LogP contribution in [0.3, 0.4) is 0 Å². The number of hydrogen-bond acceptors (Lipinski definition) is 8. The molecule has 0 unspecified atom stereocenters. The Morgan fingerprint density at radius 2 is 1.59 bits per heavy atom. The maximum atomic E-state index is 15.0. The molecule has 17 heteroatoms. The number of halogens is 5. The molecule has 4 N–H and O–H groups in total. The van der Waals surface area contributed by atoms with Gasteiger partial charge >= 0.3 is 6.18 Å². The van der Waals surface area contributed by atoms with Crippen molar-refractivity contribution >= 4 is 29.4 Å². The van der Waals surface area contributed by atoms with Gasteiger partial charge in [-0.25, -0.2) is 8.78 Å². The van der Waals surface area contributed by atoms with E-state index in [-0.39, 0.29) is 44.8 Å². The molecule has 1 aliphatic rings. The summed E-state index contributed by atoms with van der Waals surface area (Å²) in [5.41, 5.74) is 7.65. The normalized spacial score (nSPS) is 13.9. The number of ether oxygens (including phenoxy) is 1. The van der Waals surface area contributed by atoms with Crippen molar-refractivity contribution in [1.29, 1.82) is 0 Å². The monoisotopic (exact) mass is 791 g/mol. The van der Waals surface area contributed by atoms with Gasteiger partial charge in [0.15, 0.2) is 0 Å². The van der Waals surface area contributed by atoms with E-state index in [1.54, 1.807) is 12.3 Å². The topological polar surface area (TPSA) is 164 Å². The molecule has 1 aromatic heterocycles. The molecule has 0 saturated carbocycles. The highest BCUT2D eigenvalue weighted by Crippen LogP contribution is 2.41. The number of amides is 4. The second kappa shape index (κ2) is 20.1. The summed E-state index contributed by atoms with van der Waals surface area (Å²) in [5, 5.41) is 12.7. The SMILES string of the molecule is CC(=O)C(F)(F)F.CC(C)(C)[C@H](c1cc(-c2cc(F)ccc2F)cn1Cc1ccccc1)N(CC[C@H](N)C(=O)NCCOCCN1C(=O)C=CC1=O)C(=O)CO. The summed E-state index contributed by atoms with van der Waals surface area (Å²) in [6.45, 7) is 6.30. The molecule has 0 radical (unpaired) electrons. The first kappa shape index (κ1) is 45.1. The molecular weight excluding hydrogens is 745 g/mol. The maximum Gasteiger partial charge on any atom is 0.449 e. The number of aliphatic hydroxyl groups is 1. The van der Waals surface area contributed by atoms with Gasteiger partial charge < -0.3 is 30.4 Å². The number of ketones is 1. The van der Waals surface area contributed by atoms with Gasteiger partial charge in [-0.1, -0.05) is 51.1 Å². The van der Waals surface area contributed by atoms with Crippen LogP contribution in [0.4, 0.5) is 22.0 Å². The number of nitrogens with one attached hydrogen (secondary N) is 1. The lowest BCUT2D eigenvalue weighted by Crippen LogP contribution is -2.48. The fourth-order valence-corrected chi connectivity index (χ4v) is 5.80. The number of benzene rings is 2. The summed E-state index contributed by atoms with van der Waals surface area (Å²) >= 11 is 0. The Kier molecular flexibility index (Phi) is 16.2. The molecule has 2 heterocycles. The average Bonchev–Trinajstić information content (AvgIpc) is 3.68. The van der Waals surface area contributed by atoms with Crippen molar-refractivity contribution in [2.24, 2.45) is 11.1 Å². The minimum absolute atomic E-state index is 0.0124. The quantitative estimate of drug-likeness (QED) is 0.110. The molecule has 4 amide bonds. The highest BCUT2D eigenvalue weighted by molar-refractivity contribution is 6.12. The summed E-state index contributed by atoms with van der Waals surface area (Å²) in [6.07, 6.45) is -0.477. The lowest BCUT2D eigenvalue weighted by Gasteiger charge is -2.41. The highest BCUT2D eigenvalue weighted by Gasteiger charge is 2.37. The molecular formula is C39H46F5N5O7. The number of imide groups is 1. The van der Waals surface area contributed by atoms with E-state index in [0.717, 1.165) is 28.7 Å². The predicted molar refractivity (Wildman–Crippen MR) is 195 cm³/mol. The molecule has 3 aromatic rings. The van der Waals surface area contributed by atoms with Crippen molar-refractivity contribution < 1.29 is 55.8 Å². The molecule has 0 spiro atoms. The molecule has 304 valence electrons. The van der Waals surface area contributed by atoms with E-state index in [4.69, 9.17) is 10.5 Å². The van der Waals surface area contributed by atoms with Crippen molar-refractivity contribution in [3.8, 4) is 11.1 Å². The van der Waals surface area contributed by atoms with Crippen LogP contribution in [0.1, 0.15) is 51.4 Å². The molecule has 0 bridgehead atoms. The molecule has 0 aliphatic carbocycles. The molecule has 56 heavy (non-hydrogen) atoms. The van der Waals surface area contributed by atoms with E-state index in [2.05, 4.69) is 5.32 Å². The zero-order valence-electron chi connectivity index (χ0n) is 31.4. The van der Waals surface area contributed by atoms with Crippen molar-refractivity contribution in [1.82, 2.24) is 19.7 Å². The van der Waals surface area contributed by atoms with E-state index >= 15 is 0 Å². The minimum atomic E-state index is -4.64. The average molecular weight is 792 g/mol. The van der Waals surface area contributed by atoms with E-state index in [0.29, 0.717) is 24.7 Å². The molecule has 12 nitrogen and oxygen atoms in total. The van der Waals surface area contributed by atoms with Gasteiger partial charge in [0.05, 0.1) is 31.8 Å². The lowest BCUT2D eigenvalue weighted by atomic mass is 9.82. The van der Waals surface area contributed by atoms with Crippen molar-refractivity contribution in [2.45, 2.75) is 58.9 Å². The van der Waals surface area contributed by atoms with Crippen LogP contribution in [0.2, 0.25) is 0 Å². The number of alkyl halides is 3. The highest BCUT2D eigenvalue weighted by atomic mass is 19.4. The van der Waals surface area contributed by atoms with Crippen LogP contribution in [-0.2, 0) is 35.3 Å². The number of carbonyl (C=O) groups excluding carboxylic acids is 5. The Balaban J connectivity index is 0.00000109. The molecule has 0 fully saturated rings. The summed E-state index contributed by atoms with van der Waals surface area (Å²) in [6, 6.07) is 12.8. The van der Waals surface area contributed by atoms with Crippen molar-refractivity contribution in [3.63, 3.8) is 0 Å². The first-order valence-electron chi connectivity index (χ1n) is 17.6. The van der Waals surface area contributed by atoms with Crippen LogP contribution in [-0.4, -0.2) is 101 Å². The van der Waals surface area contributed by atoms with Gasteiger partial charge in [-0.05, 0) is 41.7 Å².